The average molecular weight is 238 g/mol. The second-order valence-corrected chi connectivity index (χ2v) is 5.45. The Morgan fingerprint density at radius 2 is 1.88 bits per heavy atom. The minimum absolute atomic E-state index is 0.196. The zero-order chi connectivity index (χ0) is 11.2. The molecule has 1 saturated carbocycles. The first-order valence-electron chi connectivity index (χ1n) is 6.59. The highest BCUT2D eigenvalue weighted by Crippen LogP contribution is 2.46. The maximum absolute atomic E-state index is 5.98. The van der Waals surface area contributed by atoms with Crippen LogP contribution in [0.5, 0.6) is 0 Å². The van der Waals surface area contributed by atoms with Gasteiger partial charge in [-0.25, -0.2) is 0 Å². The fourth-order valence-electron chi connectivity index (χ4n) is 2.90. The van der Waals surface area contributed by atoms with E-state index in [2.05, 4.69) is 0 Å². The highest BCUT2D eigenvalue weighted by Gasteiger charge is 2.43. The molecule has 0 radical (unpaired) electrons. The minimum Gasteiger partial charge on any atom is -0.492 e. The Morgan fingerprint density at radius 1 is 1.12 bits per heavy atom. The normalized spacial score (nSPS) is 42.1. The highest BCUT2D eigenvalue weighted by molar-refractivity contribution is 5.26. The average Bonchev–Trinajstić information content (AvgIpc) is 3.25. The Labute approximate surface area is 101 Å². The van der Waals surface area contributed by atoms with Crippen LogP contribution in [-0.4, -0.2) is 44.7 Å². The van der Waals surface area contributed by atoms with Gasteiger partial charge < -0.3 is 18.9 Å². The molecule has 0 aromatic carbocycles. The first-order valence-corrected chi connectivity index (χ1v) is 6.59. The second-order valence-electron chi connectivity index (χ2n) is 5.45. The molecule has 2 aliphatic carbocycles. The second kappa shape index (κ2) is 3.97. The van der Waals surface area contributed by atoms with E-state index >= 15 is 0 Å². The van der Waals surface area contributed by atoms with Crippen LogP contribution in [-0.2, 0) is 18.9 Å². The fraction of sp³-hybridized carbons (Fsp3) is 0.846. The predicted molar refractivity (Wildman–Crippen MR) is 59.5 cm³/mol. The number of rotatable bonds is 6. The Hall–Kier alpha value is -0.580. The standard InChI is InChI=1S/C13H18O4/c1-2-9-3-8(1)12(16-6-10-4-14-10)13(9)17-7-11-5-15-11/h8,10-12H,1-7H2. The first kappa shape index (κ1) is 10.4. The van der Waals surface area contributed by atoms with Gasteiger partial charge in [0.05, 0.1) is 19.8 Å². The summed E-state index contributed by atoms with van der Waals surface area (Å²) < 4.78 is 22.3. The molecule has 4 unspecified atom stereocenters. The zero-order valence-electron chi connectivity index (χ0n) is 9.89. The van der Waals surface area contributed by atoms with Gasteiger partial charge in [-0.15, -0.1) is 0 Å². The van der Waals surface area contributed by atoms with E-state index in [0.717, 1.165) is 25.6 Å². The number of hydrogen-bond donors (Lipinski definition) is 0. The van der Waals surface area contributed by atoms with E-state index in [-0.39, 0.29) is 6.10 Å². The number of epoxide rings is 2. The fourth-order valence-corrected chi connectivity index (χ4v) is 2.90. The van der Waals surface area contributed by atoms with Crippen molar-refractivity contribution >= 4 is 0 Å². The third-order valence-corrected chi connectivity index (χ3v) is 4.05. The van der Waals surface area contributed by atoms with Crippen molar-refractivity contribution in [2.24, 2.45) is 5.92 Å². The van der Waals surface area contributed by atoms with Gasteiger partial charge in [-0.05, 0) is 30.8 Å². The third kappa shape index (κ3) is 2.09. The molecule has 2 aliphatic heterocycles. The van der Waals surface area contributed by atoms with E-state index in [1.165, 1.54) is 24.8 Å². The van der Waals surface area contributed by atoms with Gasteiger partial charge in [0.25, 0.3) is 0 Å². The Kier molecular flexibility index (Phi) is 2.42. The van der Waals surface area contributed by atoms with Crippen molar-refractivity contribution in [1.82, 2.24) is 0 Å². The molecule has 2 saturated heterocycles. The van der Waals surface area contributed by atoms with E-state index < -0.39 is 0 Å². The van der Waals surface area contributed by atoms with Crippen molar-refractivity contribution < 1.29 is 18.9 Å². The maximum atomic E-state index is 5.98. The summed E-state index contributed by atoms with van der Waals surface area (Å²) in [5, 5.41) is 0. The van der Waals surface area contributed by atoms with Gasteiger partial charge >= 0.3 is 0 Å². The van der Waals surface area contributed by atoms with Crippen LogP contribution in [0.15, 0.2) is 11.3 Å². The summed E-state index contributed by atoms with van der Waals surface area (Å²) in [7, 11) is 0. The van der Waals surface area contributed by atoms with Crippen molar-refractivity contribution in [3.8, 4) is 0 Å². The summed E-state index contributed by atoms with van der Waals surface area (Å²) in [6.45, 7) is 3.14. The van der Waals surface area contributed by atoms with E-state index in [9.17, 15) is 0 Å². The molecule has 4 atom stereocenters. The van der Waals surface area contributed by atoms with Gasteiger partial charge in [-0.2, -0.15) is 0 Å². The molecule has 0 spiro atoms. The molecule has 4 rings (SSSR count). The largest absolute Gasteiger partial charge is 0.492 e. The van der Waals surface area contributed by atoms with Crippen LogP contribution in [0.4, 0.5) is 0 Å². The quantitative estimate of drug-likeness (QED) is 0.653. The summed E-state index contributed by atoms with van der Waals surface area (Å²) in [5.74, 6) is 1.77. The van der Waals surface area contributed by atoms with Gasteiger partial charge in [0.1, 0.15) is 30.7 Å². The van der Waals surface area contributed by atoms with Crippen LogP contribution < -0.4 is 0 Å². The lowest BCUT2D eigenvalue weighted by atomic mass is 10.0. The molecule has 3 fully saturated rings. The Bertz CT molecular complexity index is 343. The van der Waals surface area contributed by atoms with Crippen molar-refractivity contribution in [2.75, 3.05) is 26.4 Å². The van der Waals surface area contributed by atoms with Crippen molar-refractivity contribution in [2.45, 2.75) is 37.6 Å². The summed E-state index contributed by atoms with van der Waals surface area (Å²) in [6, 6.07) is 0. The van der Waals surface area contributed by atoms with E-state index in [4.69, 9.17) is 18.9 Å². The van der Waals surface area contributed by atoms with Crippen LogP contribution in [0.3, 0.4) is 0 Å². The lowest BCUT2D eigenvalue weighted by Crippen LogP contribution is -2.26. The van der Waals surface area contributed by atoms with E-state index in [1.54, 1.807) is 0 Å². The molecule has 2 bridgehead atoms. The molecule has 94 valence electrons. The summed E-state index contributed by atoms with van der Waals surface area (Å²) in [4.78, 5) is 0. The monoisotopic (exact) mass is 238 g/mol. The molecule has 0 aromatic heterocycles. The van der Waals surface area contributed by atoms with Crippen LogP contribution in [0.1, 0.15) is 19.3 Å². The molecular formula is C13H18O4. The van der Waals surface area contributed by atoms with Crippen LogP contribution in [0.25, 0.3) is 0 Å². The molecular weight excluding hydrogens is 220 g/mol. The van der Waals surface area contributed by atoms with Gasteiger partial charge in [0.2, 0.25) is 0 Å². The van der Waals surface area contributed by atoms with Crippen LogP contribution >= 0.6 is 0 Å². The lowest BCUT2D eigenvalue weighted by molar-refractivity contribution is -0.00557. The van der Waals surface area contributed by atoms with Crippen LogP contribution in [0.2, 0.25) is 0 Å². The smallest absolute Gasteiger partial charge is 0.124 e. The highest BCUT2D eigenvalue weighted by atomic mass is 16.6. The topological polar surface area (TPSA) is 43.5 Å². The summed E-state index contributed by atoms with van der Waals surface area (Å²) >= 11 is 0. The molecule has 4 nitrogen and oxygen atoms in total. The Balaban J connectivity index is 1.39. The third-order valence-electron chi connectivity index (χ3n) is 4.05. The van der Waals surface area contributed by atoms with Gasteiger partial charge in [-0.3, -0.25) is 0 Å². The Morgan fingerprint density at radius 3 is 2.65 bits per heavy atom. The molecule has 0 amide bonds. The van der Waals surface area contributed by atoms with E-state index in [0.29, 0.717) is 24.7 Å². The van der Waals surface area contributed by atoms with Crippen LogP contribution in [0, 0.1) is 5.92 Å². The SMILES string of the molecule is C1CC2CC1=C(OCC1CO1)C2OCC1CO1. The maximum Gasteiger partial charge on any atom is 0.124 e. The van der Waals surface area contributed by atoms with Crippen molar-refractivity contribution in [3.63, 3.8) is 0 Å². The summed E-state index contributed by atoms with van der Waals surface area (Å²) in [5.41, 5.74) is 1.48. The molecule has 17 heavy (non-hydrogen) atoms. The molecule has 0 aromatic rings. The number of fused-ring (bicyclic) bond motifs is 2. The molecule has 0 N–H and O–H groups in total. The number of ether oxygens (including phenoxy) is 4. The molecule has 4 heteroatoms. The van der Waals surface area contributed by atoms with E-state index in [1.807, 2.05) is 0 Å². The predicted octanol–water partition coefficient (Wildman–Crippen LogP) is 1.25. The van der Waals surface area contributed by atoms with Gasteiger partial charge in [0, 0.05) is 0 Å². The number of allylic oxidation sites excluding steroid dienone is 1. The molecule has 2 heterocycles. The first-order chi connectivity index (χ1) is 8.40. The lowest BCUT2D eigenvalue weighted by Gasteiger charge is -2.24. The van der Waals surface area contributed by atoms with Gasteiger partial charge in [0.15, 0.2) is 0 Å². The van der Waals surface area contributed by atoms with Gasteiger partial charge in [-0.1, -0.05) is 0 Å². The molecule has 4 aliphatic rings. The van der Waals surface area contributed by atoms with Crippen molar-refractivity contribution in [1.29, 1.82) is 0 Å². The minimum atomic E-state index is 0.196. The number of hydrogen-bond acceptors (Lipinski definition) is 4. The zero-order valence-corrected chi connectivity index (χ0v) is 9.89. The van der Waals surface area contributed by atoms with Crippen molar-refractivity contribution in [3.05, 3.63) is 11.3 Å². The summed E-state index contributed by atoms with van der Waals surface area (Å²) in [6.07, 6.45) is 4.50.